The minimum absolute atomic E-state index is 0.0793. The van der Waals surface area contributed by atoms with Crippen LogP contribution in [0.2, 0.25) is 0 Å². The van der Waals surface area contributed by atoms with Crippen molar-refractivity contribution in [1.82, 2.24) is 4.90 Å². The first-order valence-corrected chi connectivity index (χ1v) is 8.87. The molecule has 0 radical (unpaired) electrons. The predicted molar refractivity (Wildman–Crippen MR) is 96.8 cm³/mol. The van der Waals surface area contributed by atoms with Crippen LogP contribution in [0.5, 0.6) is 0 Å². The molecule has 3 amide bonds. The van der Waals surface area contributed by atoms with Gasteiger partial charge < -0.3 is 19.1 Å². The molecular weight excluding hydrogens is 373 g/mol. The van der Waals surface area contributed by atoms with Crippen LogP contribution in [-0.2, 0) is 19.0 Å². The molecule has 2 aliphatic heterocycles. The van der Waals surface area contributed by atoms with Crippen molar-refractivity contribution in [3.63, 3.8) is 0 Å². The van der Waals surface area contributed by atoms with Gasteiger partial charge >= 0.3 is 12.2 Å². The molecule has 2 aliphatic rings. The topological polar surface area (TPSA) is 88.6 Å². The number of nitrogens with zero attached hydrogens (tertiary/aromatic N) is 3. The predicted octanol–water partition coefficient (Wildman–Crippen LogP) is 1.60. The second-order valence-electron chi connectivity index (χ2n) is 6.45. The zero-order chi connectivity index (χ0) is 20.3. The highest BCUT2D eigenvalue weighted by Gasteiger charge is 2.36. The third kappa shape index (κ3) is 4.16. The second-order valence-corrected chi connectivity index (χ2v) is 6.45. The molecule has 10 heteroatoms. The summed E-state index contributed by atoms with van der Waals surface area (Å²) < 4.78 is 29.7. The molecular formula is C18H22FN3O6. The van der Waals surface area contributed by atoms with Crippen LogP contribution < -0.4 is 9.80 Å². The summed E-state index contributed by atoms with van der Waals surface area (Å²) in [4.78, 5) is 39.5. The number of hydrogen-bond acceptors (Lipinski definition) is 7. The fourth-order valence-corrected chi connectivity index (χ4v) is 3.20. The molecule has 1 atom stereocenters. The van der Waals surface area contributed by atoms with E-state index < -0.39 is 30.0 Å². The largest absolute Gasteiger partial charge is 0.452 e. The molecule has 152 valence electrons. The van der Waals surface area contributed by atoms with Crippen LogP contribution in [0, 0.1) is 5.82 Å². The Morgan fingerprint density at radius 3 is 2.64 bits per heavy atom. The molecule has 0 N–H and O–H groups in total. The molecule has 0 unspecified atom stereocenters. The Kier molecular flexibility index (Phi) is 5.98. The van der Waals surface area contributed by atoms with Crippen LogP contribution in [0.1, 0.15) is 6.92 Å². The van der Waals surface area contributed by atoms with E-state index in [9.17, 15) is 18.8 Å². The van der Waals surface area contributed by atoms with Gasteiger partial charge in [-0.05, 0) is 18.2 Å². The number of anilines is 2. The second kappa shape index (κ2) is 8.42. The number of carbonyl (C=O) groups is 3. The van der Waals surface area contributed by atoms with Crippen LogP contribution >= 0.6 is 0 Å². The van der Waals surface area contributed by atoms with Gasteiger partial charge in [-0.1, -0.05) is 0 Å². The molecule has 0 spiro atoms. The van der Waals surface area contributed by atoms with Gasteiger partial charge in [0, 0.05) is 20.0 Å². The molecule has 2 saturated heterocycles. The molecule has 3 rings (SSSR count). The summed E-state index contributed by atoms with van der Waals surface area (Å²) in [5.74, 6) is -0.974. The minimum Gasteiger partial charge on any atom is -0.452 e. The van der Waals surface area contributed by atoms with Crippen molar-refractivity contribution in [2.24, 2.45) is 0 Å². The molecule has 2 fully saturated rings. The maximum absolute atomic E-state index is 14.6. The van der Waals surface area contributed by atoms with Gasteiger partial charge in [-0.25, -0.2) is 18.9 Å². The number of ether oxygens (including phenoxy) is 3. The normalized spacial score (nSPS) is 19.4. The Morgan fingerprint density at radius 1 is 1.32 bits per heavy atom. The lowest BCUT2D eigenvalue weighted by Crippen LogP contribution is -2.42. The summed E-state index contributed by atoms with van der Waals surface area (Å²) in [6.07, 6.45) is -2.24. The summed E-state index contributed by atoms with van der Waals surface area (Å²) in [7, 11) is 1.16. The number of rotatable bonds is 4. The Hall–Kier alpha value is -2.88. The van der Waals surface area contributed by atoms with Gasteiger partial charge in [-0.15, -0.1) is 0 Å². The number of amides is 3. The Labute approximate surface area is 161 Å². The van der Waals surface area contributed by atoms with E-state index in [0.29, 0.717) is 37.7 Å². The lowest BCUT2D eigenvalue weighted by molar-refractivity contribution is -0.128. The molecule has 1 aromatic carbocycles. The molecule has 2 heterocycles. The Balaban J connectivity index is 1.70. The van der Waals surface area contributed by atoms with E-state index in [1.54, 1.807) is 12.1 Å². The lowest BCUT2D eigenvalue weighted by atomic mass is 10.2. The number of halogens is 1. The van der Waals surface area contributed by atoms with E-state index >= 15 is 0 Å². The third-order valence-electron chi connectivity index (χ3n) is 4.63. The van der Waals surface area contributed by atoms with Gasteiger partial charge in [-0.2, -0.15) is 0 Å². The molecule has 0 bridgehead atoms. The maximum Gasteiger partial charge on any atom is 0.416 e. The van der Waals surface area contributed by atoms with E-state index in [-0.39, 0.29) is 13.1 Å². The van der Waals surface area contributed by atoms with Crippen molar-refractivity contribution in [2.75, 3.05) is 56.3 Å². The Morgan fingerprint density at radius 2 is 2.04 bits per heavy atom. The number of carbonyl (C=O) groups excluding carboxylic acids is 3. The van der Waals surface area contributed by atoms with Crippen molar-refractivity contribution in [3.8, 4) is 0 Å². The van der Waals surface area contributed by atoms with E-state index in [4.69, 9.17) is 9.47 Å². The van der Waals surface area contributed by atoms with Crippen LogP contribution in [0.25, 0.3) is 0 Å². The molecule has 1 aromatic rings. The van der Waals surface area contributed by atoms with Gasteiger partial charge in [0.25, 0.3) is 0 Å². The van der Waals surface area contributed by atoms with Crippen LogP contribution in [0.15, 0.2) is 18.2 Å². The van der Waals surface area contributed by atoms with E-state index in [0.717, 1.165) is 12.0 Å². The van der Waals surface area contributed by atoms with Crippen molar-refractivity contribution in [1.29, 1.82) is 0 Å². The lowest BCUT2D eigenvalue weighted by Gasteiger charge is -2.29. The number of imide groups is 1. The summed E-state index contributed by atoms with van der Waals surface area (Å²) in [6, 6.07) is 4.53. The van der Waals surface area contributed by atoms with Gasteiger partial charge in [0.15, 0.2) is 0 Å². The molecule has 28 heavy (non-hydrogen) atoms. The number of morpholine rings is 1. The third-order valence-corrected chi connectivity index (χ3v) is 4.63. The van der Waals surface area contributed by atoms with Crippen LogP contribution in [0.4, 0.5) is 25.4 Å². The fourth-order valence-electron chi connectivity index (χ4n) is 3.20. The highest BCUT2D eigenvalue weighted by atomic mass is 19.1. The van der Waals surface area contributed by atoms with Gasteiger partial charge in [-0.3, -0.25) is 9.69 Å². The van der Waals surface area contributed by atoms with Crippen molar-refractivity contribution >= 4 is 29.5 Å². The summed E-state index contributed by atoms with van der Waals surface area (Å²) >= 11 is 0. The molecule has 9 nitrogen and oxygen atoms in total. The summed E-state index contributed by atoms with van der Waals surface area (Å²) in [6.45, 7) is 3.42. The first-order chi connectivity index (χ1) is 13.4. The smallest absolute Gasteiger partial charge is 0.416 e. The highest BCUT2D eigenvalue weighted by Crippen LogP contribution is 2.28. The SMILES string of the molecule is COC(=O)N(C[C@H]1CN(c2ccc(N3CCOCC3)c(F)c2)C(=O)O1)C(C)=O. The van der Waals surface area contributed by atoms with E-state index in [1.165, 1.54) is 17.9 Å². The number of cyclic esters (lactones) is 1. The number of hydrogen-bond donors (Lipinski definition) is 0. The zero-order valence-electron chi connectivity index (χ0n) is 15.7. The van der Waals surface area contributed by atoms with E-state index in [1.807, 2.05) is 4.90 Å². The molecule has 0 aromatic heterocycles. The number of methoxy groups -OCH3 is 1. The first-order valence-electron chi connectivity index (χ1n) is 8.87. The zero-order valence-corrected chi connectivity index (χ0v) is 15.7. The fraction of sp³-hybridized carbons (Fsp3) is 0.500. The summed E-state index contributed by atoms with van der Waals surface area (Å²) in [5, 5.41) is 0. The van der Waals surface area contributed by atoms with Crippen LogP contribution in [0.3, 0.4) is 0 Å². The average Bonchev–Trinajstić information content (AvgIpc) is 3.06. The average molecular weight is 395 g/mol. The number of benzene rings is 1. The molecule has 0 aliphatic carbocycles. The highest BCUT2D eigenvalue weighted by molar-refractivity contribution is 5.92. The van der Waals surface area contributed by atoms with E-state index in [2.05, 4.69) is 4.74 Å². The van der Waals surface area contributed by atoms with Crippen LogP contribution in [-0.4, -0.2) is 75.6 Å². The summed E-state index contributed by atoms with van der Waals surface area (Å²) in [5.41, 5.74) is 0.791. The maximum atomic E-state index is 14.6. The monoisotopic (exact) mass is 395 g/mol. The molecule has 0 saturated carbocycles. The van der Waals surface area contributed by atoms with Crippen molar-refractivity contribution in [3.05, 3.63) is 24.0 Å². The standard InChI is InChI=1S/C18H22FN3O6/c1-12(23)21(17(24)26-2)10-14-11-22(18(25)28-14)13-3-4-16(15(19)9-13)20-5-7-27-8-6-20/h3-4,9,14H,5-8,10-11H2,1-2H3/t14-/m0/s1. The van der Waals surface area contributed by atoms with Gasteiger partial charge in [0.1, 0.15) is 11.9 Å². The van der Waals surface area contributed by atoms with Gasteiger partial charge in [0.2, 0.25) is 5.91 Å². The quantitative estimate of drug-likeness (QED) is 0.765. The Bertz CT molecular complexity index is 768. The van der Waals surface area contributed by atoms with Gasteiger partial charge in [0.05, 0.1) is 44.8 Å². The van der Waals surface area contributed by atoms with Crippen molar-refractivity contribution in [2.45, 2.75) is 13.0 Å². The minimum atomic E-state index is -0.831. The van der Waals surface area contributed by atoms with Crippen molar-refractivity contribution < 1.29 is 33.0 Å². The first kappa shape index (κ1) is 19.9.